The fraction of sp³-hybridized carbons (Fsp3) is 0. The fourth-order valence-electron chi connectivity index (χ4n) is 3.32. The highest BCUT2D eigenvalue weighted by Crippen LogP contribution is 2.31. The highest BCUT2D eigenvalue weighted by molar-refractivity contribution is 6.31. The zero-order valence-electron chi connectivity index (χ0n) is 15.1. The van der Waals surface area contributed by atoms with E-state index in [1.54, 1.807) is 24.4 Å². The number of nitrogens with zero attached hydrogens (tertiary/aromatic N) is 2. The molecule has 0 saturated heterocycles. The van der Waals surface area contributed by atoms with Crippen molar-refractivity contribution in [1.82, 2.24) is 9.97 Å². The maximum Gasteiger partial charge on any atom is 0.232 e. The first kappa shape index (κ1) is 17.4. The third-order valence-corrected chi connectivity index (χ3v) is 4.92. The maximum atomic E-state index is 11.8. The molecule has 29 heavy (non-hydrogen) atoms. The number of aldehydes is 1. The lowest BCUT2D eigenvalue weighted by Crippen LogP contribution is -1.97. The van der Waals surface area contributed by atoms with Crippen LogP contribution in [0.15, 0.2) is 77.3 Å². The molecule has 0 spiro atoms. The zero-order valence-corrected chi connectivity index (χ0v) is 15.9. The largest absolute Gasteiger partial charge is 0.436 e. The minimum Gasteiger partial charge on any atom is -0.436 e. The zero-order chi connectivity index (χ0) is 19.8. The molecule has 3 aromatic carbocycles. The van der Waals surface area contributed by atoms with Crippen molar-refractivity contribution in [2.45, 2.75) is 0 Å². The average Bonchev–Trinajstić information content (AvgIpc) is 3.16. The predicted molar refractivity (Wildman–Crippen MR) is 116 cm³/mol. The molecule has 2 heterocycles. The van der Waals surface area contributed by atoms with Gasteiger partial charge in [0.25, 0.3) is 0 Å². The molecular formula is C23H14ClN3O2. The molecule has 5 rings (SSSR count). The molecule has 0 atom stereocenters. The number of carbonyl (C=O) groups is 1. The van der Waals surface area contributed by atoms with E-state index in [4.69, 9.17) is 21.0 Å². The van der Waals surface area contributed by atoms with E-state index in [0.29, 0.717) is 28.0 Å². The summed E-state index contributed by atoms with van der Waals surface area (Å²) in [5.74, 6) is 0.229. The van der Waals surface area contributed by atoms with Crippen molar-refractivity contribution in [2.24, 2.45) is 0 Å². The molecule has 0 radical (unpaired) electrons. The summed E-state index contributed by atoms with van der Waals surface area (Å²) < 4.78 is 5.72. The average molecular weight is 400 g/mol. The first-order valence-corrected chi connectivity index (χ1v) is 9.36. The van der Waals surface area contributed by atoms with Crippen LogP contribution < -0.4 is 5.32 Å². The van der Waals surface area contributed by atoms with Gasteiger partial charge >= 0.3 is 0 Å². The van der Waals surface area contributed by atoms with Gasteiger partial charge in [-0.05, 0) is 30.3 Å². The van der Waals surface area contributed by atoms with Gasteiger partial charge in [0.15, 0.2) is 11.9 Å². The molecule has 0 aliphatic rings. The van der Waals surface area contributed by atoms with Gasteiger partial charge in [-0.3, -0.25) is 4.79 Å². The highest BCUT2D eigenvalue weighted by Gasteiger charge is 2.12. The first-order chi connectivity index (χ1) is 14.2. The Kier molecular flexibility index (Phi) is 4.22. The Morgan fingerprint density at radius 1 is 0.897 bits per heavy atom. The third-order valence-electron chi connectivity index (χ3n) is 4.68. The van der Waals surface area contributed by atoms with Gasteiger partial charge in [-0.15, -0.1) is 0 Å². The van der Waals surface area contributed by atoms with Crippen LogP contribution in [0.3, 0.4) is 0 Å². The van der Waals surface area contributed by atoms with Crippen LogP contribution in [0.25, 0.3) is 38.5 Å². The summed E-state index contributed by atoms with van der Waals surface area (Å²) in [6.07, 6.45) is 2.32. The van der Waals surface area contributed by atoms with Crippen molar-refractivity contribution in [1.29, 1.82) is 0 Å². The number of halogens is 1. The summed E-state index contributed by atoms with van der Waals surface area (Å²) in [6, 6.07) is 20.9. The van der Waals surface area contributed by atoms with E-state index < -0.39 is 0 Å². The third kappa shape index (κ3) is 3.11. The number of anilines is 1. The van der Waals surface area contributed by atoms with Crippen LogP contribution in [0.4, 0.5) is 5.69 Å². The second-order valence-electron chi connectivity index (χ2n) is 6.51. The van der Waals surface area contributed by atoms with Crippen molar-refractivity contribution >= 4 is 62.1 Å². The number of rotatable bonds is 4. The molecule has 0 aliphatic carbocycles. The summed E-state index contributed by atoms with van der Waals surface area (Å²) in [7, 11) is 0. The molecule has 1 N–H and O–H groups in total. The minimum atomic E-state index is 0.229. The molecule has 0 saturated carbocycles. The van der Waals surface area contributed by atoms with Gasteiger partial charge in [0, 0.05) is 22.0 Å². The van der Waals surface area contributed by atoms with Gasteiger partial charge in [-0.2, -0.15) is 0 Å². The summed E-state index contributed by atoms with van der Waals surface area (Å²) in [4.78, 5) is 20.8. The van der Waals surface area contributed by atoms with Crippen LogP contribution in [0, 0.1) is 0 Å². The number of carbonyl (C=O) groups excluding carboxylic acids is 1. The first-order valence-electron chi connectivity index (χ1n) is 8.99. The Morgan fingerprint density at radius 2 is 1.59 bits per heavy atom. The Morgan fingerprint density at radius 3 is 2.28 bits per heavy atom. The SMILES string of the molecule is O=C/C(=C\Nc1c2ccccc2nc2ccccc12)c1nc2cc(Cl)ccc2o1. The van der Waals surface area contributed by atoms with Crippen molar-refractivity contribution in [2.75, 3.05) is 5.32 Å². The Bertz CT molecular complexity index is 1370. The quantitative estimate of drug-likeness (QED) is 0.234. The summed E-state index contributed by atoms with van der Waals surface area (Å²) in [5, 5.41) is 5.74. The van der Waals surface area contributed by atoms with E-state index in [0.717, 1.165) is 27.5 Å². The highest BCUT2D eigenvalue weighted by atomic mass is 35.5. The number of benzene rings is 3. The van der Waals surface area contributed by atoms with Crippen LogP contribution in [0.2, 0.25) is 5.02 Å². The van der Waals surface area contributed by atoms with E-state index >= 15 is 0 Å². The van der Waals surface area contributed by atoms with Crippen molar-refractivity contribution in [3.8, 4) is 0 Å². The molecule has 2 aromatic heterocycles. The fourth-order valence-corrected chi connectivity index (χ4v) is 3.48. The van der Waals surface area contributed by atoms with Crippen molar-refractivity contribution in [3.05, 3.63) is 83.8 Å². The van der Waals surface area contributed by atoms with Crippen LogP contribution in [-0.4, -0.2) is 16.3 Å². The van der Waals surface area contributed by atoms with Gasteiger partial charge < -0.3 is 9.73 Å². The lowest BCUT2D eigenvalue weighted by atomic mass is 10.1. The molecule has 5 nitrogen and oxygen atoms in total. The van der Waals surface area contributed by atoms with E-state index in [1.165, 1.54) is 0 Å². The summed E-state index contributed by atoms with van der Waals surface area (Å²) in [5.41, 5.74) is 4.06. The van der Waals surface area contributed by atoms with E-state index in [2.05, 4.69) is 10.3 Å². The van der Waals surface area contributed by atoms with Gasteiger partial charge in [-0.25, -0.2) is 9.97 Å². The van der Waals surface area contributed by atoms with Crippen molar-refractivity contribution in [3.63, 3.8) is 0 Å². The number of pyridine rings is 1. The van der Waals surface area contributed by atoms with Gasteiger partial charge in [-0.1, -0.05) is 48.0 Å². The molecular weight excluding hydrogens is 386 g/mol. The van der Waals surface area contributed by atoms with E-state index in [9.17, 15) is 4.79 Å². The lowest BCUT2D eigenvalue weighted by molar-refractivity contribution is -0.103. The number of nitrogens with one attached hydrogen (secondary N) is 1. The molecule has 0 bridgehead atoms. The van der Waals surface area contributed by atoms with Gasteiger partial charge in [0.05, 0.1) is 22.3 Å². The van der Waals surface area contributed by atoms with Gasteiger partial charge in [0.1, 0.15) is 5.52 Å². The Hall–Kier alpha value is -3.70. The van der Waals surface area contributed by atoms with Crippen LogP contribution in [-0.2, 0) is 4.79 Å². The van der Waals surface area contributed by atoms with Crippen LogP contribution >= 0.6 is 11.6 Å². The summed E-state index contributed by atoms with van der Waals surface area (Å²) >= 11 is 6.01. The van der Waals surface area contributed by atoms with Gasteiger partial charge in [0.2, 0.25) is 5.89 Å². The number of hydrogen-bond donors (Lipinski definition) is 1. The smallest absolute Gasteiger partial charge is 0.232 e. The molecule has 0 fully saturated rings. The second kappa shape index (κ2) is 7.04. The number of allylic oxidation sites excluding steroid dienone is 1. The normalized spacial score (nSPS) is 12.0. The topological polar surface area (TPSA) is 68.0 Å². The molecule has 0 aliphatic heterocycles. The molecule has 140 valence electrons. The minimum absolute atomic E-state index is 0.229. The van der Waals surface area contributed by atoms with E-state index in [1.807, 2.05) is 48.5 Å². The Balaban J connectivity index is 1.63. The molecule has 6 heteroatoms. The maximum absolute atomic E-state index is 11.8. The summed E-state index contributed by atoms with van der Waals surface area (Å²) in [6.45, 7) is 0. The number of hydrogen-bond acceptors (Lipinski definition) is 5. The molecule has 0 amide bonds. The number of oxazole rings is 1. The van der Waals surface area contributed by atoms with E-state index in [-0.39, 0.29) is 5.89 Å². The Labute approximate surface area is 170 Å². The van der Waals surface area contributed by atoms with Crippen molar-refractivity contribution < 1.29 is 9.21 Å². The lowest BCUT2D eigenvalue weighted by Gasteiger charge is -2.10. The monoisotopic (exact) mass is 399 g/mol. The number of aromatic nitrogens is 2. The number of para-hydroxylation sites is 2. The predicted octanol–water partition coefficient (Wildman–Crippen LogP) is 5.83. The number of fused-ring (bicyclic) bond motifs is 3. The second-order valence-corrected chi connectivity index (χ2v) is 6.95. The molecule has 5 aromatic rings. The van der Waals surface area contributed by atoms with Crippen LogP contribution in [0.1, 0.15) is 5.89 Å². The standard InChI is InChI=1S/C23H14ClN3O2/c24-15-9-10-21-20(11-15)27-23(29-21)14(13-28)12-25-22-16-5-1-3-7-18(16)26-19-8-4-2-6-17(19)22/h1-13H,(H,25,26)/b14-12+. The van der Waals surface area contributed by atoms with Crippen LogP contribution in [0.5, 0.6) is 0 Å². The molecule has 0 unspecified atom stereocenters.